The fourth-order valence-corrected chi connectivity index (χ4v) is 4.58. The highest BCUT2D eigenvalue weighted by atomic mass is 32.2. The molecule has 0 saturated carbocycles. The van der Waals surface area contributed by atoms with E-state index in [1.165, 1.54) is 0 Å². The number of hydrogen-bond acceptors (Lipinski definition) is 5. The summed E-state index contributed by atoms with van der Waals surface area (Å²) < 4.78 is 18.6. The van der Waals surface area contributed by atoms with Crippen molar-refractivity contribution >= 4 is 11.8 Å². The summed E-state index contributed by atoms with van der Waals surface area (Å²) in [5.41, 5.74) is 3.13. The van der Waals surface area contributed by atoms with Gasteiger partial charge in [-0.2, -0.15) is 0 Å². The molecule has 0 bridgehead atoms. The lowest BCUT2D eigenvalue weighted by atomic mass is 10.1. The van der Waals surface area contributed by atoms with E-state index in [1.54, 1.807) is 11.8 Å². The topological polar surface area (TPSA) is 47.9 Å². The average Bonchev–Trinajstić information content (AvgIpc) is 2.98. The Hall–Kier alpha value is -3.19. The Bertz CT molecular complexity index is 1190. The van der Waals surface area contributed by atoms with Gasteiger partial charge in [-0.3, -0.25) is 0 Å². The molecule has 0 saturated heterocycles. The summed E-state index contributed by atoms with van der Waals surface area (Å²) in [7, 11) is 0. The molecule has 0 aliphatic heterocycles. The molecule has 0 spiro atoms. The van der Waals surface area contributed by atoms with Crippen LogP contribution in [0.3, 0.4) is 0 Å². The van der Waals surface area contributed by atoms with Gasteiger partial charge in [0.1, 0.15) is 18.3 Å². The highest BCUT2D eigenvalue weighted by molar-refractivity contribution is 8.02. The molecule has 5 heteroatoms. The molecule has 0 fully saturated rings. The summed E-state index contributed by atoms with van der Waals surface area (Å²) in [6.45, 7) is 1.29. The molecular formula is C33H34O4S. The van der Waals surface area contributed by atoms with Crippen molar-refractivity contribution in [3.05, 3.63) is 150 Å². The molecule has 0 heterocycles. The molecule has 196 valence electrons. The lowest BCUT2D eigenvalue weighted by molar-refractivity contribution is -0.133. The molecular weight excluding hydrogens is 492 g/mol. The minimum Gasteiger partial charge on any atom is -0.388 e. The fourth-order valence-electron chi connectivity index (χ4n) is 3.88. The van der Waals surface area contributed by atoms with Crippen LogP contribution >= 0.6 is 11.8 Å². The van der Waals surface area contributed by atoms with Crippen LogP contribution in [0, 0.1) is 0 Å². The van der Waals surface area contributed by atoms with Gasteiger partial charge in [0.25, 0.3) is 0 Å². The van der Waals surface area contributed by atoms with Gasteiger partial charge in [-0.25, -0.2) is 0 Å². The van der Waals surface area contributed by atoms with Crippen molar-refractivity contribution in [2.45, 2.75) is 43.0 Å². The van der Waals surface area contributed by atoms with Gasteiger partial charge < -0.3 is 19.3 Å². The van der Waals surface area contributed by atoms with E-state index in [0.29, 0.717) is 19.8 Å². The van der Waals surface area contributed by atoms with Gasteiger partial charge in [-0.05, 0) is 40.3 Å². The van der Waals surface area contributed by atoms with Crippen LogP contribution in [0.5, 0.6) is 0 Å². The molecule has 0 radical (unpaired) electrons. The van der Waals surface area contributed by atoms with Gasteiger partial charge in [-0.15, -0.1) is 0 Å². The third-order valence-electron chi connectivity index (χ3n) is 5.89. The Labute approximate surface area is 229 Å². The Kier molecular flexibility index (Phi) is 11.7. The maximum Gasteiger partial charge on any atom is 0.116 e. The van der Waals surface area contributed by atoms with Crippen LogP contribution in [0.4, 0.5) is 0 Å². The fraction of sp³-hybridized carbons (Fsp3) is 0.212. The van der Waals surface area contributed by atoms with Gasteiger partial charge in [0, 0.05) is 4.90 Å². The van der Waals surface area contributed by atoms with Crippen molar-refractivity contribution in [2.24, 2.45) is 0 Å². The van der Waals surface area contributed by atoms with Crippen molar-refractivity contribution in [3.63, 3.8) is 0 Å². The third kappa shape index (κ3) is 9.60. The van der Waals surface area contributed by atoms with Crippen molar-refractivity contribution in [1.82, 2.24) is 0 Å². The Morgan fingerprint density at radius 2 is 1.08 bits per heavy atom. The molecule has 38 heavy (non-hydrogen) atoms. The summed E-state index contributed by atoms with van der Waals surface area (Å²) in [5.74, 6) is 0. The van der Waals surface area contributed by atoms with Gasteiger partial charge in [-0.1, -0.05) is 121 Å². The molecule has 0 amide bonds. The zero-order chi connectivity index (χ0) is 26.3. The second kappa shape index (κ2) is 15.9. The number of aliphatic hydroxyl groups is 1. The highest BCUT2D eigenvalue weighted by Crippen LogP contribution is 2.22. The average molecular weight is 527 g/mol. The molecule has 0 unspecified atom stereocenters. The number of rotatable bonds is 15. The molecule has 4 nitrogen and oxygen atoms in total. The summed E-state index contributed by atoms with van der Waals surface area (Å²) in [5, 5.41) is 13.3. The number of ether oxygens (including phenoxy) is 3. The van der Waals surface area contributed by atoms with Crippen molar-refractivity contribution in [2.75, 3.05) is 6.61 Å². The molecule has 4 rings (SSSR count). The van der Waals surface area contributed by atoms with Crippen LogP contribution in [0.15, 0.2) is 138 Å². The number of thioether (sulfide) groups is 1. The van der Waals surface area contributed by atoms with Crippen LogP contribution in [0.1, 0.15) is 16.7 Å². The second-order valence-electron chi connectivity index (χ2n) is 8.85. The Morgan fingerprint density at radius 1 is 0.605 bits per heavy atom. The minimum absolute atomic E-state index is 0.124. The first-order chi connectivity index (χ1) is 18.8. The summed E-state index contributed by atoms with van der Waals surface area (Å²) in [4.78, 5) is 1.12. The molecule has 0 aliphatic rings. The van der Waals surface area contributed by atoms with Gasteiger partial charge in [0.2, 0.25) is 0 Å². The predicted molar refractivity (Wildman–Crippen MR) is 154 cm³/mol. The van der Waals surface area contributed by atoms with Crippen LogP contribution in [0.2, 0.25) is 0 Å². The molecule has 3 atom stereocenters. The van der Waals surface area contributed by atoms with Gasteiger partial charge in [0.05, 0.1) is 26.4 Å². The maximum absolute atomic E-state index is 11.3. The van der Waals surface area contributed by atoms with Gasteiger partial charge in [0.15, 0.2) is 0 Å². The summed E-state index contributed by atoms with van der Waals surface area (Å²) in [6, 6.07) is 40.0. The van der Waals surface area contributed by atoms with E-state index in [-0.39, 0.29) is 6.61 Å². The molecule has 4 aromatic carbocycles. The van der Waals surface area contributed by atoms with Crippen LogP contribution < -0.4 is 0 Å². The van der Waals surface area contributed by atoms with E-state index in [1.807, 2.05) is 121 Å². The SMILES string of the molecule is O[C@H](COCc1ccccc1)[C@@H](OCc1ccccc1)[C@@H](/C=C\Sc1ccccc1)OCc1ccccc1. The highest BCUT2D eigenvalue weighted by Gasteiger charge is 2.29. The smallest absolute Gasteiger partial charge is 0.116 e. The first kappa shape index (κ1) is 27.8. The van der Waals surface area contributed by atoms with E-state index in [0.717, 1.165) is 21.6 Å². The third-order valence-corrected chi connectivity index (χ3v) is 6.73. The maximum atomic E-state index is 11.3. The van der Waals surface area contributed by atoms with Crippen molar-refractivity contribution < 1.29 is 19.3 Å². The summed E-state index contributed by atoms with van der Waals surface area (Å²) in [6.07, 6.45) is -0.0567. The van der Waals surface area contributed by atoms with Gasteiger partial charge >= 0.3 is 0 Å². The molecule has 0 aliphatic carbocycles. The Balaban J connectivity index is 1.49. The minimum atomic E-state index is -0.894. The number of aliphatic hydroxyl groups excluding tert-OH is 1. The summed E-state index contributed by atoms with van der Waals surface area (Å²) >= 11 is 1.60. The molecule has 4 aromatic rings. The Morgan fingerprint density at radius 3 is 1.63 bits per heavy atom. The van der Waals surface area contributed by atoms with Crippen LogP contribution in [0.25, 0.3) is 0 Å². The molecule has 1 N–H and O–H groups in total. The van der Waals surface area contributed by atoms with E-state index in [4.69, 9.17) is 14.2 Å². The second-order valence-corrected chi connectivity index (χ2v) is 9.83. The zero-order valence-electron chi connectivity index (χ0n) is 21.3. The van der Waals surface area contributed by atoms with E-state index < -0.39 is 18.3 Å². The van der Waals surface area contributed by atoms with Crippen molar-refractivity contribution in [3.8, 4) is 0 Å². The lowest BCUT2D eigenvalue weighted by Crippen LogP contribution is -2.42. The van der Waals surface area contributed by atoms with E-state index in [9.17, 15) is 5.11 Å². The zero-order valence-corrected chi connectivity index (χ0v) is 22.2. The largest absolute Gasteiger partial charge is 0.388 e. The normalized spacial score (nSPS) is 13.8. The monoisotopic (exact) mass is 526 g/mol. The standard InChI is InChI=1S/C33H34O4S/c34-31(26-35-23-27-13-5-1-6-14-27)33(37-25-29-17-9-3-10-18-29)32(36-24-28-15-7-2-8-16-28)21-22-38-30-19-11-4-12-20-30/h1-22,31-34H,23-26H2/b22-21-/t31-,32-,33-/m1/s1. The van der Waals surface area contributed by atoms with Crippen LogP contribution in [-0.4, -0.2) is 30.0 Å². The quantitative estimate of drug-likeness (QED) is 0.168. The number of hydrogen-bond donors (Lipinski definition) is 1. The van der Waals surface area contributed by atoms with E-state index >= 15 is 0 Å². The first-order valence-corrected chi connectivity index (χ1v) is 13.6. The molecule has 0 aromatic heterocycles. The lowest BCUT2D eigenvalue weighted by Gasteiger charge is -2.29. The van der Waals surface area contributed by atoms with Crippen molar-refractivity contribution in [1.29, 1.82) is 0 Å². The number of benzene rings is 4. The predicted octanol–water partition coefficient (Wildman–Crippen LogP) is 7.04. The van der Waals surface area contributed by atoms with E-state index in [2.05, 4.69) is 12.1 Å². The first-order valence-electron chi connectivity index (χ1n) is 12.8. The van der Waals surface area contributed by atoms with Crippen LogP contribution in [-0.2, 0) is 34.0 Å².